The lowest BCUT2D eigenvalue weighted by molar-refractivity contribution is -0.141. The molecular formula is C23H40O4. The van der Waals surface area contributed by atoms with E-state index in [-0.39, 0.29) is 17.8 Å². The smallest absolute Gasteiger partial charge is 0.306 e. The molecule has 4 heteroatoms. The van der Waals surface area contributed by atoms with Gasteiger partial charge in [0.05, 0.1) is 11.5 Å². The molecule has 1 aliphatic rings. The molecule has 1 fully saturated rings. The minimum Gasteiger partial charge on any atom is -0.481 e. The summed E-state index contributed by atoms with van der Waals surface area (Å²) in [6.07, 6.45) is 15.4. The summed E-state index contributed by atoms with van der Waals surface area (Å²) >= 11 is 0. The summed E-state index contributed by atoms with van der Waals surface area (Å²) in [6, 6.07) is 0. The van der Waals surface area contributed by atoms with E-state index in [0.29, 0.717) is 18.6 Å². The fraction of sp³-hybridized carbons (Fsp3) is 0.826. The van der Waals surface area contributed by atoms with E-state index in [4.69, 9.17) is 5.11 Å². The second-order valence-electron chi connectivity index (χ2n) is 8.68. The zero-order valence-electron chi connectivity index (χ0n) is 17.6. The number of unbranched alkanes of at least 4 members (excludes halogenated alkanes) is 5. The molecule has 0 aromatic heterocycles. The van der Waals surface area contributed by atoms with Crippen LogP contribution in [0.25, 0.3) is 0 Å². The zero-order valence-corrected chi connectivity index (χ0v) is 17.6. The second-order valence-corrected chi connectivity index (χ2v) is 8.68. The molecule has 4 nitrogen and oxygen atoms in total. The molecule has 4 atom stereocenters. The van der Waals surface area contributed by atoms with Gasteiger partial charge in [0.1, 0.15) is 5.78 Å². The van der Waals surface area contributed by atoms with E-state index in [1.54, 1.807) is 6.92 Å². The van der Waals surface area contributed by atoms with E-state index in [9.17, 15) is 14.7 Å². The van der Waals surface area contributed by atoms with Crippen LogP contribution in [0.1, 0.15) is 97.8 Å². The van der Waals surface area contributed by atoms with E-state index < -0.39 is 11.6 Å². The van der Waals surface area contributed by atoms with Crippen molar-refractivity contribution in [1.29, 1.82) is 0 Å². The van der Waals surface area contributed by atoms with Crippen molar-refractivity contribution in [2.45, 2.75) is 103 Å². The van der Waals surface area contributed by atoms with Crippen molar-refractivity contribution in [2.75, 3.05) is 0 Å². The second kappa shape index (κ2) is 12.3. The molecule has 2 unspecified atom stereocenters. The molecule has 0 aliphatic heterocycles. The van der Waals surface area contributed by atoms with Crippen molar-refractivity contribution >= 4 is 11.8 Å². The van der Waals surface area contributed by atoms with Gasteiger partial charge in [-0.2, -0.15) is 0 Å². The van der Waals surface area contributed by atoms with Gasteiger partial charge in [-0.25, -0.2) is 0 Å². The summed E-state index contributed by atoms with van der Waals surface area (Å²) in [4.78, 5) is 23.1. The van der Waals surface area contributed by atoms with Gasteiger partial charge in [-0.1, -0.05) is 70.9 Å². The first kappa shape index (κ1) is 23.9. The Morgan fingerprint density at radius 2 is 1.93 bits per heavy atom. The number of hydrogen-bond donors (Lipinski definition) is 2. The van der Waals surface area contributed by atoms with Crippen LogP contribution in [-0.2, 0) is 9.59 Å². The first-order chi connectivity index (χ1) is 12.8. The molecule has 0 spiro atoms. The van der Waals surface area contributed by atoms with Crippen molar-refractivity contribution in [3.05, 3.63) is 12.2 Å². The number of aliphatic carboxylic acids is 1. The highest BCUT2D eigenvalue weighted by atomic mass is 16.4. The van der Waals surface area contributed by atoms with E-state index in [0.717, 1.165) is 51.4 Å². The largest absolute Gasteiger partial charge is 0.481 e. The molecule has 0 heterocycles. The van der Waals surface area contributed by atoms with Gasteiger partial charge in [0.15, 0.2) is 0 Å². The maximum Gasteiger partial charge on any atom is 0.306 e. The maximum absolute atomic E-state index is 12.2. The third-order valence-electron chi connectivity index (χ3n) is 5.97. The topological polar surface area (TPSA) is 74.6 Å². The monoisotopic (exact) mass is 380 g/mol. The van der Waals surface area contributed by atoms with Crippen LogP contribution < -0.4 is 0 Å². The van der Waals surface area contributed by atoms with E-state index in [1.165, 1.54) is 12.8 Å². The van der Waals surface area contributed by atoms with E-state index >= 15 is 0 Å². The first-order valence-electron chi connectivity index (χ1n) is 10.9. The van der Waals surface area contributed by atoms with Crippen LogP contribution >= 0.6 is 0 Å². The van der Waals surface area contributed by atoms with Crippen LogP contribution in [0.15, 0.2) is 12.2 Å². The zero-order chi connectivity index (χ0) is 20.3. The lowest BCUT2D eigenvalue weighted by atomic mass is 9.87. The molecule has 27 heavy (non-hydrogen) atoms. The molecule has 0 saturated heterocycles. The van der Waals surface area contributed by atoms with Crippen LogP contribution in [-0.4, -0.2) is 27.6 Å². The number of Topliss-reactive ketones (excluding diaryl/α,β-unsaturated/α-hetero) is 1. The average molecular weight is 381 g/mol. The predicted octanol–water partition coefficient (Wildman–Crippen LogP) is 5.53. The van der Waals surface area contributed by atoms with Gasteiger partial charge in [-0.15, -0.1) is 0 Å². The van der Waals surface area contributed by atoms with Crippen LogP contribution in [0.4, 0.5) is 0 Å². The summed E-state index contributed by atoms with van der Waals surface area (Å²) in [7, 11) is 0. The normalized spacial score (nSPS) is 23.6. The van der Waals surface area contributed by atoms with Crippen molar-refractivity contribution in [3.63, 3.8) is 0 Å². The Labute approximate surface area is 165 Å². The Bertz CT molecular complexity index is 481. The van der Waals surface area contributed by atoms with Crippen LogP contribution in [0.2, 0.25) is 0 Å². The Morgan fingerprint density at radius 3 is 2.59 bits per heavy atom. The van der Waals surface area contributed by atoms with Gasteiger partial charge in [0.2, 0.25) is 0 Å². The third-order valence-corrected chi connectivity index (χ3v) is 5.97. The molecule has 1 rings (SSSR count). The molecule has 156 valence electrons. The number of rotatable bonds is 14. The SMILES string of the molecule is CCCCCCC(C)(O)C=C[C@H]1CCC(=O)[C@@H]1CCCCCC(C)C(=O)O. The average Bonchev–Trinajstić information content (AvgIpc) is 2.96. The van der Waals surface area contributed by atoms with Gasteiger partial charge in [0, 0.05) is 12.3 Å². The van der Waals surface area contributed by atoms with Crippen molar-refractivity contribution < 1.29 is 19.8 Å². The minimum absolute atomic E-state index is 0.0778. The number of ketones is 1. The molecule has 2 N–H and O–H groups in total. The lowest BCUT2D eigenvalue weighted by Crippen LogP contribution is -2.21. The van der Waals surface area contributed by atoms with Crippen molar-refractivity contribution in [2.24, 2.45) is 17.8 Å². The number of allylic oxidation sites excluding steroid dienone is 1. The summed E-state index contributed by atoms with van der Waals surface area (Å²) in [5, 5.41) is 19.5. The van der Waals surface area contributed by atoms with Crippen LogP contribution in [0.3, 0.4) is 0 Å². The molecular weight excluding hydrogens is 340 g/mol. The molecule has 0 aromatic carbocycles. The first-order valence-corrected chi connectivity index (χ1v) is 10.9. The van der Waals surface area contributed by atoms with Gasteiger partial charge < -0.3 is 10.2 Å². The van der Waals surface area contributed by atoms with E-state index in [1.807, 2.05) is 13.0 Å². The maximum atomic E-state index is 12.2. The fourth-order valence-corrected chi connectivity index (χ4v) is 3.98. The van der Waals surface area contributed by atoms with Crippen LogP contribution in [0.5, 0.6) is 0 Å². The van der Waals surface area contributed by atoms with Crippen molar-refractivity contribution in [1.82, 2.24) is 0 Å². The molecule has 0 amide bonds. The molecule has 0 radical (unpaired) electrons. The number of carboxylic acid groups (broad SMARTS) is 1. The van der Waals surface area contributed by atoms with E-state index in [2.05, 4.69) is 13.0 Å². The highest BCUT2D eigenvalue weighted by Crippen LogP contribution is 2.34. The Balaban J connectivity index is 2.39. The number of carbonyl (C=O) groups excluding carboxylic acids is 1. The van der Waals surface area contributed by atoms with Gasteiger partial charge in [0.25, 0.3) is 0 Å². The Hall–Kier alpha value is -1.16. The van der Waals surface area contributed by atoms with Gasteiger partial charge in [-0.05, 0) is 38.5 Å². The third kappa shape index (κ3) is 9.55. The highest BCUT2D eigenvalue weighted by molar-refractivity contribution is 5.83. The number of hydrogen-bond acceptors (Lipinski definition) is 3. The summed E-state index contributed by atoms with van der Waals surface area (Å²) in [6.45, 7) is 5.80. The molecule has 0 aromatic rings. The van der Waals surface area contributed by atoms with Crippen molar-refractivity contribution in [3.8, 4) is 0 Å². The van der Waals surface area contributed by atoms with Gasteiger partial charge in [-0.3, -0.25) is 9.59 Å². The van der Waals surface area contributed by atoms with Gasteiger partial charge >= 0.3 is 5.97 Å². The standard InChI is InChI=1S/C23H40O4/c1-4-5-6-10-16-23(3,27)17-15-19-13-14-21(24)20(19)12-9-7-8-11-18(2)22(25)26/h15,17-20,27H,4-14,16H2,1-3H3,(H,25,26)/t18?,19-,20-,23?/m1/s1. The lowest BCUT2D eigenvalue weighted by Gasteiger charge is -2.21. The fourth-order valence-electron chi connectivity index (χ4n) is 3.98. The molecule has 0 bridgehead atoms. The molecule has 1 aliphatic carbocycles. The number of carbonyl (C=O) groups is 2. The summed E-state index contributed by atoms with van der Waals surface area (Å²) < 4.78 is 0. The minimum atomic E-state index is -0.781. The quantitative estimate of drug-likeness (QED) is 0.307. The summed E-state index contributed by atoms with van der Waals surface area (Å²) in [5.74, 6) is -0.334. The Morgan fingerprint density at radius 1 is 1.22 bits per heavy atom. The number of carboxylic acids is 1. The molecule has 1 saturated carbocycles. The predicted molar refractivity (Wildman–Crippen MR) is 110 cm³/mol. The Kier molecular flexibility index (Phi) is 10.9. The van der Waals surface area contributed by atoms with Crippen LogP contribution in [0, 0.1) is 17.8 Å². The highest BCUT2D eigenvalue weighted by Gasteiger charge is 2.32. The number of aliphatic hydroxyl groups is 1. The summed E-state index contributed by atoms with van der Waals surface area (Å²) in [5.41, 5.74) is -0.781.